The maximum atomic E-state index is 14.6. The predicted molar refractivity (Wildman–Crippen MR) is 111 cm³/mol. The van der Waals surface area contributed by atoms with E-state index in [2.05, 4.69) is 16.0 Å². The number of carbonyl (C=O) groups is 1. The summed E-state index contributed by atoms with van der Waals surface area (Å²) in [5.41, 5.74) is -0.933. The van der Waals surface area contributed by atoms with Gasteiger partial charge in [0.15, 0.2) is 11.6 Å². The Bertz CT molecular complexity index is 991. The SMILES string of the molecule is CCc1ccc(Nc2c(C(=O)N3CC(O)(CNC4CNC4)C3)ccc(F)c2F)c(F)c1. The van der Waals surface area contributed by atoms with Crippen molar-refractivity contribution in [2.24, 2.45) is 0 Å². The second-order valence-corrected chi connectivity index (χ2v) is 8.20. The highest BCUT2D eigenvalue weighted by atomic mass is 19.2. The summed E-state index contributed by atoms with van der Waals surface area (Å²) in [6.07, 6.45) is 0.624. The van der Waals surface area contributed by atoms with E-state index in [1.807, 2.05) is 6.92 Å². The number of amides is 1. The standard InChI is InChI=1S/C22H25F3N4O2/c1-2-13-3-6-18(17(24)7-13)28-20-15(4-5-16(23)19(20)25)21(30)29-11-22(31,12-29)10-27-14-8-26-9-14/h3-7,14,26-28,31H,2,8-12H2,1H3. The topological polar surface area (TPSA) is 76.6 Å². The van der Waals surface area contributed by atoms with Crippen molar-refractivity contribution in [2.75, 3.05) is 38.0 Å². The zero-order valence-electron chi connectivity index (χ0n) is 17.1. The van der Waals surface area contributed by atoms with E-state index >= 15 is 0 Å². The molecule has 0 radical (unpaired) electrons. The number of carbonyl (C=O) groups excluding carboxylic acids is 1. The Morgan fingerprint density at radius 1 is 1.19 bits per heavy atom. The normalized spacial score (nSPS) is 17.8. The Morgan fingerprint density at radius 2 is 1.94 bits per heavy atom. The Kier molecular flexibility index (Phi) is 5.92. The Hall–Kier alpha value is -2.62. The molecule has 0 unspecified atom stereocenters. The lowest BCUT2D eigenvalue weighted by atomic mass is 9.92. The molecular weight excluding hydrogens is 409 g/mol. The summed E-state index contributed by atoms with van der Waals surface area (Å²) >= 11 is 0. The molecule has 0 bridgehead atoms. The van der Waals surface area contributed by atoms with Crippen molar-refractivity contribution in [3.63, 3.8) is 0 Å². The van der Waals surface area contributed by atoms with E-state index in [0.29, 0.717) is 19.0 Å². The van der Waals surface area contributed by atoms with Gasteiger partial charge in [0, 0.05) is 25.7 Å². The Balaban J connectivity index is 1.51. The van der Waals surface area contributed by atoms with Gasteiger partial charge in [0.2, 0.25) is 0 Å². The summed E-state index contributed by atoms with van der Waals surface area (Å²) in [5.74, 6) is -3.61. The van der Waals surface area contributed by atoms with E-state index in [-0.39, 0.29) is 24.3 Å². The quantitative estimate of drug-likeness (QED) is 0.538. The van der Waals surface area contributed by atoms with Gasteiger partial charge in [-0.05, 0) is 36.2 Å². The molecule has 31 heavy (non-hydrogen) atoms. The number of hydrogen-bond donors (Lipinski definition) is 4. The van der Waals surface area contributed by atoms with Crippen LogP contribution in [-0.4, -0.2) is 60.3 Å². The number of likely N-dealkylation sites (tertiary alicyclic amines) is 1. The Labute approximate surface area is 178 Å². The van der Waals surface area contributed by atoms with Crippen molar-refractivity contribution in [2.45, 2.75) is 25.0 Å². The number of nitrogens with one attached hydrogen (secondary N) is 3. The van der Waals surface area contributed by atoms with Crippen molar-refractivity contribution < 1.29 is 23.1 Å². The van der Waals surface area contributed by atoms with Gasteiger partial charge in [-0.3, -0.25) is 4.79 Å². The molecule has 0 atom stereocenters. The van der Waals surface area contributed by atoms with E-state index in [1.165, 1.54) is 17.0 Å². The highest BCUT2D eigenvalue weighted by Gasteiger charge is 2.44. The number of rotatable bonds is 7. The lowest BCUT2D eigenvalue weighted by Gasteiger charge is -2.47. The highest BCUT2D eigenvalue weighted by molar-refractivity contribution is 6.01. The van der Waals surface area contributed by atoms with Crippen LogP contribution in [0.1, 0.15) is 22.8 Å². The van der Waals surface area contributed by atoms with Crippen LogP contribution in [0, 0.1) is 17.5 Å². The van der Waals surface area contributed by atoms with Gasteiger partial charge in [-0.15, -0.1) is 0 Å². The molecule has 2 aromatic rings. The van der Waals surface area contributed by atoms with E-state index in [0.717, 1.165) is 30.8 Å². The Morgan fingerprint density at radius 3 is 2.55 bits per heavy atom. The van der Waals surface area contributed by atoms with Crippen LogP contribution >= 0.6 is 0 Å². The van der Waals surface area contributed by atoms with Crippen LogP contribution in [-0.2, 0) is 6.42 Å². The van der Waals surface area contributed by atoms with Gasteiger partial charge < -0.3 is 26.0 Å². The van der Waals surface area contributed by atoms with Crippen LogP contribution in [0.3, 0.4) is 0 Å². The van der Waals surface area contributed by atoms with Gasteiger partial charge in [-0.25, -0.2) is 13.2 Å². The number of β-amino-alcohol motifs (C(OH)–C–C–N with tert-alkyl or cyclic N) is 1. The fourth-order valence-corrected chi connectivity index (χ4v) is 3.72. The van der Waals surface area contributed by atoms with Crippen LogP contribution in [0.15, 0.2) is 30.3 Å². The van der Waals surface area contributed by atoms with Gasteiger partial charge in [0.05, 0.1) is 30.0 Å². The lowest BCUT2D eigenvalue weighted by Crippen LogP contribution is -2.69. The van der Waals surface area contributed by atoms with E-state index in [1.54, 1.807) is 6.07 Å². The molecule has 2 saturated heterocycles. The smallest absolute Gasteiger partial charge is 0.256 e. The summed E-state index contributed by atoms with van der Waals surface area (Å²) in [6, 6.07) is 6.73. The first kappa shape index (κ1) is 21.6. The number of anilines is 2. The molecule has 4 rings (SSSR count). The van der Waals surface area contributed by atoms with Crippen LogP contribution in [0.2, 0.25) is 0 Å². The zero-order chi connectivity index (χ0) is 22.2. The largest absolute Gasteiger partial charge is 0.385 e. The number of aryl methyl sites for hydroxylation is 1. The number of benzene rings is 2. The molecule has 2 aliphatic heterocycles. The first-order chi connectivity index (χ1) is 14.8. The monoisotopic (exact) mass is 434 g/mol. The van der Waals surface area contributed by atoms with Crippen LogP contribution in [0.5, 0.6) is 0 Å². The van der Waals surface area contributed by atoms with Gasteiger partial charge in [-0.2, -0.15) is 0 Å². The summed E-state index contributed by atoms with van der Waals surface area (Å²) in [7, 11) is 0. The molecule has 2 fully saturated rings. The van der Waals surface area contributed by atoms with Gasteiger partial charge in [0.1, 0.15) is 11.4 Å². The molecule has 2 aromatic carbocycles. The first-order valence-electron chi connectivity index (χ1n) is 10.3. The second-order valence-electron chi connectivity index (χ2n) is 8.20. The maximum absolute atomic E-state index is 14.6. The van der Waals surface area contributed by atoms with E-state index in [9.17, 15) is 23.1 Å². The highest BCUT2D eigenvalue weighted by Crippen LogP contribution is 2.31. The zero-order valence-corrected chi connectivity index (χ0v) is 17.1. The molecule has 166 valence electrons. The van der Waals surface area contributed by atoms with Crippen LogP contribution in [0.25, 0.3) is 0 Å². The molecule has 4 N–H and O–H groups in total. The fourth-order valence-electron chi connectivity index (χ4n) is 3.72. The van der Waals surface area contributed by atoms with Crippen molar-refractivity contribution >= 4 is 17.3 Å². The van der Waals surface area contributed by atoms with Gasteiger partial charge in [0.25, 0.3) is 5.91 Å². The third-order valence-electron chi connectivity index (χ3n) is 5.79. The molecule has 0 aromatic heterocycles. The van der Waals surface area contributed by atoms with Crippen molar-refractivity contribution in [1.82, 2.24) is 15.5 Å². The summed E-state index contributed by atoms with van der Waals surface area (Å²) < 4.78 is 42.9. The molecule has 0 spiro atoms. The number of nitrogens with zero attached hydrogens (tertiary/aromatic N) is 1. The first-order valence-corrected chi connectivity index (χ1v) is 10.3. The molecule has 0 aliphatic carbocycles. The van der Waals surface area contributed by atoms with Crippen molar-refractivity contribution in [3.05, 3.63) is 58.9 Å². The van der Waals surface area contributed by atoms with E-state index < -0.39 is 34.6 Å². The second kappa shape index (κ2) is 8.49. The van der Waals surface area contributed by atoms with Crippen LogP contribution < -0.4 is 16.0 Å². The average molecular weight is 434 g/mol. The minimum atomic E-state index is -1.26. The molecule has 6 nitrogen and oxygen atoms in total. The number of hydrogen-bond acceptors (Lipinski definition) is 5. The summed E-state index contributed by atoms with van der Waals surface area (Å²) in [5, 5.41) is 19.4. The van der Waals surface area contributed by atoms with Gasteiger partial charge in [-0.1, -0.05) is 13.0 Å². The molecule has 1 amide bonds. The van der Waals surface area contributed by atoms with Crippen LogP contribution in [0.4, 0.5) is 24.5 Å². The minimum absolute atomic E-state index is 0.0610. The minimum Gasteiger partial charge on any atom is -0.385 e. The lowest BCUT2D eigenvalue weighted by molar-refractivity contribution is -0.0804. The molecule has 2 heterocycles. The molecule has 2 aliphatic rings. The third kappa shape index (κ3) is 4.39. The van der Waals surface area contributed by atoms with Crippen molar-refractivity contribution in [1.29, 1.82) is 0 Å². The fraction of sp³-hybridized carbons (Fsp3) is 0.409. The third-order valence-corrected chi connectivity index (χ3v) is 5.79. The number of aliphatic hydroxyl groups is 1. The molecule has 0 saturated carbocycles. The van der Waals surface area contributed by atoms with Gasteiger partial charge >= 0.3 is 0 Å². The summed E-state index contributed by atoms with van der Waals surface area (Å²) in [4.78, 5) is 14.3. The molecule has 9 heteroatoms. The predicted octanol–water partition coefficient (Wildman–Crippen LogP) is 2.16. The van der Waals surface area contributed by atoms with Crippen molar-refractivity contribution in [3.8, 4) is 0 Å². The summed E-state index contributed by atoms with van der Waals surface area (Å²) in [6.45, 7) is 4.00. The average Bonchev–Trinajstić information content (AvgIpc) is 2.69. The van der Waals surface area contributed by atoms with E-state index in [4.69, 9.17) is 0 Å². The maximum Gasteiger partial charge on any atom is 0.256 e. The number of halogens is 3. The molecular formula is C22H25F3N4O2.